The Hall–Kier alpha value is -1.14. The normalized spacial score (nSPS) is 27.1. The lowest BCUT2D eigenvalue weighted by Gasteiger charge is -2.31. The van der Waals surface area contributed by atoms with Gasteiger partial charge in [0.25, 0.3) is 5.91 Å². The van der Waals surface area contributed by atoms with Crippen LogP contribution < -0.4 is 15.5 Å². The Morgan fingerprint density at radius 2 is 1.79 bits per heavy atom. The SMILES string of the molecule is CC(C)NC(=O)CNC(=O)C[NH+]1C[C@H](C)O[C@@H](C)C1. The van der Waals surface area contributed by atoms with Crippen molar-refractivity contribution in [3.8, 4) is 0 Å². The molecule has 0 unspecified atom stereocenters. The van der Waals surface area contributed by atoms with Crippen molar-refractivity contribution in [3.63, 3.8) is 0 Å². The third-order valence-corrected chi connectivity index (χ3v) is 2.92. The van der Waals surface area contributed by atoms with E-state index in [1.165, 1.54) is 4.90 Å². The van der Waals surface area contributed by atoms with Crippen LogP contribution in [0.3, 0.4) is 0 Å². The van der Waals surface area contributed by atoms with Crippen LogP contribution in [-0.2, 0) is 14.3 Å². The van der Waals surface area contributed by atoms with Crippen LogP contribution in [0.2, 0.25) is 0 Å². The largest absolute Gasteiger partial charge is 0.364 e. The van der Waals surface area contributed by atoms with Crippen molar-refractivity contribution < 1.29 is 19.2 Å². The lowest BCUT2D eigenvalue weighted by Crippen LogP contribution is -3.16. The van der Waals surface area contributed by atoms with Crippen molar-refractivity contribution in [2.75, 3.05) is 26.2 Å². The molecule has 0 radical (unpaired) electrons. The highest BCUT2D eigenvalue weighted by molar-refractivity contribution is 5.85. The van der Waals surface area contributed by atoms with Gasteiger partial charge < -0.3 is 20.3 Å². The summed E-state index contributed by atoms with van der Waals surface area (Å²) in [5.41, 5.74) is 0. The van der Waals surface area contributed by atoms with Crippen LogP contribution in [0, 0.1) is 0 Å². The van der Waals surface area contributed by atoms with E-state index in [-0.39, 0.29) is 36.6 Å². The second kappa shape index (κ2) is 7.45. The zero-order valence-electron chi connectivity index (χ0n) is 12.3. The van der Waals surface area contributed by atoms with Gasteiger partial charge in [0.1, 0.15) is 25.3 Å². The summed E-state index contributed by atoms with van der Waals surface area (Å²) in [6.07, 6.45) is 0.353. The maximum atomic E-state index is 11.8. The number of nitrogens with one attached hydrogen (secondary N) is 3. The average molecular weight is 272 g/mol. The van der Waals surface area contributed by atoms with Gasteiger partial charge in [0.15, 0.2) is 6.54 Å². The van der Waals surface area contributed by atoms with Crippen LogP contribution >= 0.6 is 0 Å². The molecule has 2 amide bonds. The van der Waals surface area contributed by atoms with Gasteiger partial charge in [-0.3, -0.25) is 9.59 Å². The highest BCUT2D eigenvalue weighted by atomic mass is 16.5. The molecule has 1 saturated heterocycles. The third-order valence-electron chi connectivity index (χ3n) is 2.92. The summed E-state index contributed by atoms with van der Waals surface area (Å²) in [4.78, 5) is 24.4. The van der Waals surface area contributed by atoms with Crippen molar-refractivity contribution in [1.82, 2.24) is 10.6 Å². The highest BCUT2D eigenvalue weighted by Crippen LogP contribution is 1.97. The number of ether oxygens (including phenoxy) is 1. The maximum Gasteiger partial charge on any atom is 0.275 e. The average Bonchev–Trinajstić information content (AvgIpc) is 2.23. The molecule has 1 heterocycles. The quantitative estimate of drug-likeness (QED) is 0.560. The molecule has 0 aromatic heterocycles. The molecule has 0 bridgehead atoms. The summed E-state index contributed by atoms with van der Waals surface area (Å²) in [6.45, 7) is 9.92. The minimum atomic E-state index is -0.151. The first-order valence-corrected chi connectivity index (χ1v) is 6.92. The van der Waals surface area contributed by atoms with E-state index in [2.05, 4.69) is 10.6 Å². The van der Waals surface area contributed by atoms with Gasteiger partial charge in [-0.05, 0) is 27.7 Å². The monoisotopic (exact) mass is 272 g/mol. The number of rotatable bonds is 5. The van der Waals surface area contributed by atoms with Gasteiger partial charge >= 0.3 is 0 Å². The maximum absolute atomic E-state index is 11.8. The molecule has 3 N–H and O–H groups in total. The van der Waals surface area contributed by atoms with Crippen LogP contribution in [-0.4, -0.2) is 56.2 Å². The molecule has 6 nitrogen and oxygen atoms in total. The van der Waals surface area contributed by atoms with Gasteiger partial charge in [-0.1, -0.05) is 0 Å². The molecule has 110 valence electrons. The van der Waals surface area contributed by atoms with Crippen molar-refractivity contribution >= 4 is 11.8 Å². The zero-order valence-corrected chi connectivity index (χ0v) is 12.3. The van der Waals surface area contributed by atoms with E-state index in [9.17, 15) is 9.59 Å². The van der Waals surface area contributed by atoms with E-state index in [1.54, 1.807) is 0 Å². The van der Waals surface area contributed by atoms with Crippen LogP contribution in [0.4, 0.5) is 0 Å². The first-order valence-electron chi connectivity index (χ1n) is 6.92. The van der Waals surface area contributed by atoms with Gasteiger partial charge in [0, 0.05) is 6.04 Å². The number of quaternary nitrogens is 1. The van der Waals surface area contributed by atoms with E-state index in [0.717, 1.165) is 13.1 Å². The van der Waals surface area contributed by atoms with Crippen LogP contribution in [0.1, 0.15) is 27.7 Å². The first kappa shape index (κ1) is 15.9. The molecule has 0 aliphatic carbocycles. The molecular formula is C13H26N3O3+. The van der Waals surface area contributed by atoms with Gasteiger partial charge in [0.05, 0.1) is 6.54 Å². The second-order valence-corrected chi connectivity index (χ2v) is 5.59. The number of amides is 2. The highest BCUT2D eigenvalue weighted by Gasteiger charge is 2.27. The smallest absolute Gasteiger partial charge is 0.275 e. The van der Waals surface area contributed by atoms with E-state index >= 15 is 0 Å². The van der Waals surface area contributed by atoms with Gasteiger partial charge in [-0.25, -0.2) is 0 Å². The van der Waals surface area contributed by atoms with E-state index in [1.807, 2.05) is 27.7 Å². The number of hydrogen-bond acceptors (Lipinski definition) is 3. The third kappa shape index (κ3) is 6.54. The molecule has 1 fully saturated rings. The lowest BCUT2D eigenvalue weighted by atomic mass is 10.2. The minimum Gasteiger partial charge on any atom is -0.364 e. The number of carbonyl (C=O) groups excluding carboxylic acids is 2. The molecule has 0 spiro atoms. The Balaban J connectivity index is 2.25. The van der Waals surface area contributed by atoms with Gasteiger partial charge in [-0.2, -0.15) is 0 Å². The predicted molar refractivity (Wildman–Crippen MR) is 71.9 cm³/mol. The van der Waals surface area contributed by atoms with Crippen molar-refractivity contribution in [1.29, 1.82) is 0 Å². The van der Waals surface area contributed by atoms with Crippen LogP contribution in [0.15, 0.2) is 0 Å². The van der Waals surface area contributed by atoms with Crippen molar-refractivity contribution in [3.05, 3.63) is 0 Å². The first-order chi connectivity index (χ1) is 8.86. The summed E-state index contributed by atoms with van der Waals surface area (Å²) in [7, 11) is 0. The molecular weight excluding hydrogens is 246 g/mol. The van der Waals surface area contributed by atoms with Gasteiger partial charge in [0.2, 0.25) is 5.91 Å². The summed E-state index contributed by atoms with van der Waals surface area (Å²) < 4.78 is 5.62. The summed E-state index contributed by atoms with van der Waals surface area (Å²) in [5.74, 6) is -0.239. The van der Waals surface area contributed by atoms with Crippen molar-refractivity contribution in [2.24, 2.45) is 0 Å². The lowest BCUT2D eigenvalue weighted by molar-refractivity contribution is -0.907. The second-order valence-electron chi connectivity index (χ2n) is 5.59. The van der Waals surface area contributed by atoms with Crippen molar-refractivity contribution in [2.45, 2.75) is 45.9 Å². The molecule has 1 aliphatic heterocycles. The summed E-state index contributed by atoms with van der Waals surface area (Å²) >= 11 is 0. The number of hydrogen-bond donors (Lipinski definition) is 3. The number of morpholine rings is 1. The van der Waals surface area contributed by atoms with E-state index in [4.69, 9.17) is 4.74 Å². The molecule has 2 atom stereocenters. The molecule has 6 heteroatoms. The molecule has 0 saturated carbocycles. The summed E-state index contributed by atoms with van der Waals surface area (Å²) in [5, 5.41) is 5.39. The predicted octanol–water partition coefficient (Wildman–Crippen LogP) is -1.68. The number of carbonyl (C=O) groups is 2. The van der Waals surface area contributed by atoms with Crippen LogP contribution in [0.5, 0.6) is 0 Å². The summed E-state index contributed by atoms with van der Waals surface area (Å²) in [6, 6.07) is 0.0935. The Morgan fingerprint density at radius 3 is 2.32 bits per heavy atom. The Morgan fingerprint density at radius 1 is 1.21 bits per heavy atom. The molecule has 1 aliphatic rings. The topological polar surface area (TPSA) is 71.9 Å². The fraction of sp³-hybridized carbons (Fsp3) is 0.846. The Bertz CT molecular complexity index is 310. The molecule has 19 heavy (non-hydrogen) atoms. The minimum absolute atomic E-state index is 0.0475. The fourth-order valence-corrected chi connectivity index (χ4v) is 2.37. The van der Waals surface area contributed by atoms with Crippen LogP contribution in [0.25, 0.3) is 0 Å². The Kier molecular flexibility index (Phi) is 6.24. The van der Waals surface area contributed by atoms with E-state index in [0.29, 0.717) is 6.54 Å². The van der Waals surface area contributed by atoms with Gasteiger partial charge in [-0.15, -0.1) is 0 Å². The standard InChI is InChI=1S/C13H25N3O3/c1-9(2)15-12(17)5-14-13(18)8-16-6-10(3)19-11(4)7-16/h9-11H,5-8H2,1-4H3,(H,14,18)(H,15,17)/p+1/t10-,11-/m0/s1. The molecule has 0 aromatic rings. The zero-order chi connectivity index (χ0) is 14.4. The molecule has 1 rings (SSSR count). The van der Waals surface area contributed by atoms with E-state index < -0.39 is 0 Å². The molecule has 0 aromatic carbocycles. The Labute approximate surface area is 114 Å². The fourth-order valence-electron chi connectivity index (χ4n) is 2.37.